The summed E-state index contributed by atoms with van der Waals surface area (Å²) >= 11 is 5.97. The van der Waals surface area contributed by atoms with Crippen molar-refractivity contribution in [2.45, 2.75) is 64.5 Å². The zero-order chi connectivity index (χ0) is 27.5. The van der Waals surface area contributed by atoms with Gasteiger partial charge in [-0.05, 0) is 82.7 Å². The number of anilines is 1. The molecule has 1 aliphatic heterocycles. The van der Waals surface area contributed by atoms with Gasteiger partial charge >= 0.3 is 5.97 Å². The van der Waals surface area contributed by atoms with E-state index in [2.05, 4.69) is 27.7 Å². The van der Waals surface area contributed by atoms with Crippen LogP contribution in [0.1, 0.15) is 61.1 Å². The quantitative estimate of drug-likeness (QED) is 0.280. The lowest BCUT2D eigenvalue weighted by Crippen LogP contribution is -2.44. The van der Waals surface area contributed by atoms with Gasteiger partial charge in [0.1, 0.15) is 17.7 Å². The Morgan fingerprint density at radius 1 is 1.21 bits per heavy atom. The number of aryl methyl sites for hydroxylation is 2. The first-order chi connectivity index (χ1) is 18.2. The van der Waals surface area contributed by atoms with Crippen LogP contribution in [-0.2, 0) is 22.4 Å². The number of aromatic nitrogens is 1. The van der Waals surface area contributed by atoms with Crippen molar-refractivity contribution in [2.75, 3.05) is 38.1 Å². The molecule has 0 saturated carbocycles. The number of nitrogens with zero attached hydrogens (tertiary/aromatic N) is 2. The van der Waals surface area contributed by atoms with Gasteiger partial charge in [-0.2, -0.15) is 0 Å². The van der Waals surface area contributed by atoms with Crippen LogP contribution >= 0.6 is 11.6 Å². The molecule has 0 fully saturated rings. The number of carbonyl (C=O) groups is 2. The number of fused-ring (bicyclic) bond motifs is 1. The lowest BCUT2D eigenvalue weighted by molar-refractivity contribution is -0.139. The molecule has 3 rings (SSSR count). The molecule has 2 aromatic rings. The zero-order valence-corrected chi connectivity index (χ0v) is 22.9. The molecule has 0 radical (unpaired) electrons. The van der Waals surface area contributed by atoms with Crippen LogP contribution in [0.25, 0.3) is 0 Å². The number of hydrogen-bond donors (Lipinski definition) is 3. The van der Waals surface area contributed by atoms with Gasteiger partial charge in [-0.15, -0.1) is 0 Å². The third kappa shape index (κ3) is 9.22. The van der Waals surface area contributed by atoms with Crippen molar-refractivity contribution in [3.8, 4) is 0 Å². The Bertz CT molecular complexity index is 1060. The van der Waals surface area contributed by atoms with Crippen LogP contribution in [0, 0.1) is 5.82 Å². The van der Waals surface area contributed by atoms with Crippen LogP contribution in [0.4, 0.5) is 10.2 Å². The van der Waals surface area contributed by atoms with E-state index in [4.69, 9.17) is 21.3 Å². The fourth-order valence-corrected chi connectivity index (χ4v) is 4.67. The first-order valence-electron chi connectivity index (χ1n) is 13.3. The lowest BCUT2D eigenvalue weighted by Gasteiger charge is -2.25. The minimum atomic E-state index is -1.18. The van der Waals surface area contributed by atoms with E-state index in [1.54, 1.807) is 0 Å². The summed E-state index contributed by atoms with van der Waals surface area (Å²) in [6, 6.07) is 6.97. The maximum atomic E-state index is 14.1. The van der Waals surface area contributed by atoms with Gasteiger partial charge in [0.15, 0.2) is 0 Å². The molecule has 0 aliphatic carbocycles. The van der Waals surface area contributed by atoms with Crippen molar-refractivity contribution >= 4 is 29.3 Å². The average molecular weight is 549 g/mol. The number of benzene rings is 1. The maximum Gasteiger partial charge on any atom is 0.326 e. The lowest BCUT2D eigenvalue weighted by atomic mass is 10.1. The molecule has 208 valence electrons. The van der Waals surface area contributed by atoms with Crippen molar-refractivity contribution in [2.24, 2.45) is 0 Å². The van der Waals surface area contributed by atoms with E-state index in [0.29, 0.717) is 19.7 Å². The van der Waals surface area contributed by atoms with Gasteiger partial charge < -0.3 is 25.4 Å². The monoisotopic (exact) mass is 548 g/mol. The minimum absolute atomic E-state index is 0.0664. The fraction of sp³-hybridized carbons (Fsp3) is 0.536. The van der Waals surface area contributed by atoms with Crippen LogP contribution in [-0.4, -0.2) is 71.8 Å². The number of aliphatic carboxylic acids is 1. The highest BCUT2D eigenvalue weighted by molar-refractivity contribution is 6.33. The number of ether oxygens (including phenoxy) is 1. The molecule has 3 N–H and O–H groups in total. The number of halogens is 2. The highest BCUT2D eigenvalue weighted by atomic mass is 35.5. The van der Waals surface area contributed by atoms with E-state index in [1.165, 1.54) is 17.7 Å². The first kappa shape index (κ1) is 29.8. The number of unbranched alkanes of at least 4 members (excludes halogenated alkanes) is 1. The molecule has 2 heterocycles. The van der Waals surface area contributed by atoms with Crippen molar-refractivity contribution in [1.29, 1.82) is 0 Å². The number of carboxylic acid groups (broad SMARTS) is 1. The predicted molar refractivity (Wildman–Crippen MR) is 146 cm³/mol. The van der Waals surface area contributed by atoms with Crippen LogP contribution in [0.15, 0.2) is 30.3 Å². The van der Waals surface area contributed by atoms with Gasteiger partial charge in [-0.25, -0.2) is 14.2 Å². The third-order valence-corrected chi connectivity index (χ3v) is 6.81. The molecule has 0 bridgehead atoms. The van der Waals surface area contributed by atoms with Crippen molar-refractivity contribution in [1.82, 2.24) is 15.2 Å². The van der Waals surface area contributed by atoms with E-state index in [9.17, 15) is 19.1 Å². The van der Waals surface area contributed by atoms with Crippen molar-refractivity contribution in [3.05, 3.63) is 58.0 Å². The predicted octanol–water partition coefficient (Wildman–Crippen LogP) is 4.56. The van der Waals surface area contributed by atoms with Gasteiger partial charge in [0.25, 0.3) is 5.91 Å². The first-order valence-corrected chi connectivity index (χ1v) is 13.7. The van der Waals surface area contributed by atoms with Crippen molar-refractivity contribution < 1.29 is 23.8 Å². The Labute approximate surface area is 228 Å². The summed E-state index contributed by atoms with van der Waals surface area (Å²) in [4.78, 5) is 31.4. The van der Waals surface area contributed by atoms with Crippen LogP contribution < -0.4 is 10.6 Å². The summed E-state index contributed by atoms with van der Waals surface area (Å²) in [6.07, 6.45) is 5.16. The molecule has 1 aromatic heterocycles. The Morgan fingerprint density at radius 2 is 2.03 bits per heavy atom. The number of carbonyl (C=O) groups excluding carboxylic acids is 1. The zero-order valence-electron chi connectivity index (χ0n) is 22.1. The van der Waals surface area contributed by atoms with Gasteiger partial charge in [0.2, 0.25) is 0 Å². The Balaban J connectivity index is 1.53. The summed E-state index contributed by atoms with van der Waals surface area (Å²) in [5, 5.41) is 15.4. The molecule has 0 spiro atoms. The van der Waals surface area contributed by atoms with Crippen LogP contribution in [0.2, 0.25) is 5.02 Å². The molecule has 1 aromatic carbocycles. The summed E-state index contributed by atoms with van der Waals surface area (Å²) in [5.74, 6) is -1.83. The summed E-state index contributed by atoms with van der Waals surface area (Å²) < 4.78 is 19.8. The van der Waals surface area contributed by atoms with E-state index in [0.717, 1.165) is 62.8 Å². The van der Waals surface area contributed by atoms with E-state index in [-0.39, 0.29) is 23.1 Å². The maximum absolute atomic E-state index is 14.1. The largest absolute Gasteiger partial charge is 0.480 e. The van der Waals surface area contributed by atoms with E-state index < -0.39 is 23.7 Å². The number of hydrogen-bond acceptors (Lipinski definition) is 6. The van der Waals surface area contributed by atoms with E-state index in [1.807, 2.05) is 13.8 Å². The molecule has 1 amide bonds. The third-order valence-electron chi connectivity index (χ3n) is 6.50. The van der Waals surface area contributed by atoms with Gasteiger partial charge in [-0.3, -0.25) is 4.79 Å². The molecule has 38 heavy (non-hydrogen) atoms. The Morgan fingerprint density at radius 3 is 2.76 bits per heavy atom. The number of amides is 1. The highest BCUT2D eigenvalue weighted by Gasteiger charge is 2.24. The standard InChI is InChI=1S/C28H38ClFN4O4/c1-19(2)38-18-17-34(15-4-3-8-21-12-11-20-7-6-14-31-26(20)32-21)16-13-24(28(36)37)33-27(35)25-22(29)9-5-10-23(25)30/h5,9-12,19,24H,3-4,6-8,13-18H2,1-2H3,(H,31,32)(H,33,35)(H,36,37). The average Bonchev–Trinajstić information content (AvgIpc) is 2.87. The second kappa shape index (κ2) is 15.0. The molecular weight excluding hydrogens is 511 g/mol. The molecule has 10 heteroatoms. The Hall–Kier alpha value is -2.75. The SMILES string of the molecule is CC(C)OCCN(CCCCc1ccc2c(n1)NCCC2)CCC(NC(=O)c1c(F)cccc1Cl)C(=O)O. The minimum Gasteiger partial charge on any atom is -0.480 e. The molecule has 0 saturated heterocycles. The summed E-state index contributed by atoms with van der Waals surface area (Å²) in [6.45, 7) is 7.24. The highest BCUT2D eigenvalue weighted by Crippen LogP contribution is 2.21. The molecule has 1 atom stereocenters. The summed E-state index contributed by atoms with van der Waals surface area (Å²) in [7, 11) is 0. The van der Waals surface area contributed by atoms with Gasteiger partial charge in [0, 0.05) is 25.3 Å². The molecular formula is C28H38ClFN4O4. The molecule has 1 aliphatic rings. The molecule has 8 nitrogen and oxygen atoms in total. The van der Waals surface area contributed by atoms with Crippen LogP contribution in [0.3, 0.4) is 0 Å². The van der Waals surface area contributed by atoms with Crippen LogP contribution in [0.5, 0.6) is 0 Å². The second-order valence-electron chi connectivity index (χ2n) is 9.81. The van der Waals surface area contributed by atoms with Gasteiger partial charge in [0.05, 0.1) is 23.3 Å². The number of nitrogens with one attached hydrogen (secondary N) is 2. The number of pyridine rings is 1. The number of rotatable bonds is 15. The molecule has 1 unspecified atom stereocenters. The fourth-order valence-electron chi connectivity index (χ4n) is 4.42. The normalized spacial score (nSPS) is 13.7. The topological polar surface area (TPSA) is 104 Å². The smallest absolute Gasteiger partial charge is 0.326 e. The van der Waals surface area contributed by atoms with E-state index >= 15 is 0 Å². The number of carboxylic acids is 1. The van der Waals surface area contributed by atoms with Crippen molar-refractivity contribution in [3.63, 3.8) is 0 Å². The second-order valence-corrected chi connectivity index (χ2v) is 10.2. The Kier molecular flexibility index (Phi) is 11.8. The van der Waals surface area contributed by atoms with Gasteiger partial charge in [-0.1, -0.05) is 23.7 Å². The summed E-state index contributed by atoms with van der Waals surface area (Å²) in [5.41, 5.74) is 1.98.